The van der Waals surface area contributed by atoms with E-state index in [0.29, 0.717) is 12.0 Å². The lowest BCUT2D eigenvalue weighted by Gasteiger charge is -2.27. The topological polar surface area (TPSA) is 3.24 Å². The zero-order valence-electron chi connectivity index (χ0n) is 29.9. The second kappa shape index (κ2) is 14.3. The molecule has 1 fully saturated rings. The fraction of sp³-hybridized carbons (Fsp3) is 0.160. The lowest BCUT2D eigenvalue weighted by atomic mass is 9.92. The Kier molecular flexibility index (Phi) is 9.12. The van der Waals surface area contributed by atoms with Crippen molar-refractivity contribution in [2.45, 2.75) is 52.0 Å². The Bertz CT molecular complexity index is 2170. The molecule has 2 aliphatic rings. The van der Waals surface area contributed by atoms with Gasteiger partial charge in [0.1, 0.15) is 0 Å². The van der Waals surface area contributed by atoms with Gasteiger partial charge in [0.2, 0.25) is 0 Å². The monoisotopic (exact) mass is 659 g/mol. The molecular weight excluding hydrogens is 615 g/mol. The van der Waals surface area contributed by atoms with Crippen molar-refractivity contribution >= 4 is 34.7 Å². The van der Waals surface area contributed by atoms with E-state index >= 15 is 0 Å². The van der Waals surface area contributed by atoms with Gasteiger partial charge in [-0.3, -0.25) is 0 Å². The van der Waals surface area contributed by atoms with Gasteiger partial charge >= 0.3 is 0 Å². The normalized spacial score (nSPS) is 16.7. The Hall–Kier alpha value is -5.66. The largest absolute Gasteiger partial charge is 0.338 e. The number of allylic oxidation sites excluding steroid dienone is 2. The Morgan fingerprint density at radius 3 is 1.71 bits per heavy atom. The summed E-state index contributed by atoms with van der Waals surface area (Å²) in [6.07, 6.45) is 12.8. The molecule has 6 aromatic carbocycles. The number of benzene rings is 6. The highest BCUT2D eigenvalue weighted by Crippen LogP contribution is 2.52. The van der Waals surface area contributed by atoms with Crippen LogP contribution in [0.2, 0.25) is 0 Å². The maximum atomic E-state index is 2.62. The van der Waals surface area contributed by atoms with Crippen LogP contribution in [0.25, 0.3) is 23.3 Å². The lowest BCUT2D eigenvalue weighted by molar-refractivity contribution is 0.642. The molecule has 6 aromatic rings. The highest BCUT2D eigenvalue weighted by atomic mass is 15.2. The first-order valence-corrected chi connectivity index (χ1v) is 18.4. The third-order valence-electron chi connectivity index (χ3n) is 10.7. The van der Waals surface area contributed by atoms with Crippen molar-refractivity contribution in [3.63, 3.8) is 0 Å². The molecule has 8 rings (SSSR count). The SMILES string of the molecule is Cc1ccc(C(=Cc2ccc3c(c2)C2CCCC2N3c2ccc(C=CC=C(c3ccc(C)cc3)c3ccc(C)cc3)cc2)c2ccccc2)cc1. The van der Waals surface area contributed by atoms with Crippen LogP contribution in [0.5, 0.6) is 0 Å². The minimum absolute atomic E-state index is 0.515. The van der Waals surface area contributed by atoms with E-state index in [9.17, 15) is 0 Å². The van der Waals surface area contributed by atoms with E-state index in [-0.39, 0.29) is 0 Å². The van der Waals surface area contributed by atoms with Crippen LogP contribution in [-0.4, -0.2) is 6.04 Å². The molecule has 51 heavy (non-hydrogen) atoms. The number of nitrogens with zero attached hydrogens (tertiary/aromatic N) is 1. The second-order valence-electron chi connectivity index (χ2n) is 14.3. The van der Waals surface area contributed by atoms with Gasteiger partial charge in [-0.05, 0) is 114 Å². The zero-order valence-corrected chi connectivity index (χ0v) is 29.9. The van der Waals surface area contributed by atoms with Crippen molar-refractivity contribution in [3.8, 4) is 0 Å². The molecule has 0 N–H and O–H groups in total. The summed E-state index contributed by atoms with van der Waals surface area (Å²) in [6, 6.07) is 54.2. The van der Waals surface area contributed by atoms with E-state index in [0.717, 1.165) is 0 Å². The number of anilines is 2. The first-order valence-electron chi connectivity index (χ1n) is 18.4. The van der Waals surface area contributed by atoms with Crippen LogP contribution in [0, 0.1) is 20.8 Å². The molecule has 2 unspecified atom stereocenters. The summed E-state index contributed by atoms with van der Waals surface area (Å²) in [4.78, 5) is 2.62. The molecule has 0 saturated heterocycles. The fourth-order valence-electron chi connectivity index (χ4n) is 7.98. The predicted octanol–water partition coefficient (Wildman–Crippen LogP) is 13.1. The maximum absolute atomic E-state index is 2.62. The quantitative estimate of drug-likeness (QED) is 0.116. The van der Waals surface area contributed by atoms with E-state index in [1.165, 1.54) is 97.4 Å². The van der Waals surface area contributed by atoms with Crippen LogP contribution >= 0.6 is 0 Å². The maximum Gasteiger partial charge on any atom is 0.0450 e. The Morgan fingerprint density at radius 1 is 0.549 bits per heavy atom. The molecule has 0 aromatic heterocycles. The van der Waals surface area contributed by atoms with Crippen LogP contribution in [0.1, 0.15) is 80.8 Å². The average molecular weight is 660 g/mol. The highest BCUT2D eigenvalue weighted by Gasteiger charge is 2.42. The first-order chi connectivity index (χ1) is 25.0. The van der Waals surface area contributed by atoms with E-state index in [1.54, 1.807) is 0 Å². The van der Waals surface area contributed by atoms with Gasteiger partial charge in [-0.1, -0.05) is 163 Å². The summed E-state index contributed by atoms with van der Waals surface area (Å²) in [5.74, 6) is 0.569. The van der Waals surface area contributed by atoms with Crippen molar-refractivity contribution in [3.05, 3.63) is 213 Å². The van der Waals surface area contributed by atoms with Crippen molar-refractivity contribution in [2.24, 2.45) is 0 Å². The minimum atomic E-state index is 0.515. The third kappa shape index (κ3) is 6.90. The molecule has 0 radical (unpaired) electrons. The summed E-state index contributed by atoms with van der Waals surface area (Å²) < 4.78 is 0. The molecule has 1 heteroatoms. The highest BCUT2D eigenvalue weighted by molar-refractivity contribution is 5.92. The number of aryl methyl sites for hydroxylation is 3. The van der Waals surface area contributed by atoms with Crippen molar-refractivity contribution in [2.75, 3.05) is 4.90 Å². The molecule has 2 atom stereocenters. The summed E-state index contributed by atoms with van der Waals surface area (Å²) in [7, 11) is 0. The summed E-state index contributed by atoms with van der Waals surface area (Å²) in [5.41, 5.74) is 17.9. The molecule has 1 aliphatic carbocycles. The van der Waals surface area contributed by atoms with E-state index in [4.69, 9.17) is 0 Å². The van der Waals surface area contributed by atoms with Crippen molar-refractivity contribution in [1.29, 1.82) is 0 Å². The standard InChI is InChI=1S/C50H45N/c1-35-15-24-41(25-16-35)45(42-26-17-36(2)18-27-42)12-7-9-38-21-30-44(31-22-38)51-49-14-8-13-46(49)48-34-39(23-32-50(48)51)33-47(40-10-5-4-6-11-40)43-28-19-37(3)20-29-43/h4-7,9-12,15-34,46,49H,8,13-14H2,1-3H3. The summed E-state index contributed by atoms with van der Waals surface area (Å²) in [5, 5.41) is 0. The molecule has 0 spiro atoms. The summed E-state index contributed by atoms with van der Waals surface area (Å²) >= 11 is 0. The number of rotatable bonds is 8. The van der Waals surface area contributed by atoms with Crippen LogP contribution < -0.4 is 4.90 Å². The van der Waals surface area contributed by atoms with E-state index in [2.05, 4.69) is 196 Å². The second-order valence-corrected chi connectivity index (χ2v) is 14.3. The molecule has 1 aliphatic heterocycles. The van der Waals surface area contributed by atoms with Gasteiger partial charge in [-0.2, -0.15) is 0 Å². The molecule has 0 bridgehead atoms. The van der Waals surface area contributed by atoms with Gasteiger partial charge in [0.15, 0.2) is 0 Å². The number of hydrogen-bond donors (Lipinski definition) is 0. The molecule has 1 heterocycles. The van der Waals surface area contributed by atoms with Gasteiger partial charge in [0, 0.05) is 23.3 Å². The van der Waals surface area contributed by atoms with E-state index in [1.807, 2.05) is 0 Å². The van der Waals surface area contributed by atoms with Crippen molar-refractivity contribution in [1.82, 2.24) is 0 Å². The molecule has 250 valence electrons. The van der Waals surface area contributed by atoms with Gasteiger partial charge < -0.3 is 4.90 Å². The van der Waals surface area contributed by atoms with Gasteiger partial charge in [0.25, 0.3) is 0 Å². The van der Waals surface area contributed by atoms with Crippen LogP contribution in [0.3, 0.4) is 0 Å². The van der Waals surface area contributed by atoms with Crippen LogP contribution in [0.15, 0.2) is 158 Å². The minimum Gasteiger partial charge on any atom is -0.338 e. The smallest absolute Gasteiger partial charge is 0.0450 e. The molecule has 0 amide bonds. The number of fused-ring (bicyclic) bond motifs is 3. The first kappa shape index (κ1) is 32.5. The van der Waals surface area contributed by atoms with E-state index < -0.39 is 0 Å². The van der Waals surface area contributed by atoms with Crippen molar-refractivity contribution < 1.29 is 0 Å². The average Bonchev–Trinajstić information content (AvgIpc) is 3.76. The summed E-state index contributed by atoms with van der Waals surface area (Å²) in [6.45, 7) is 6.43. The molecular formula is C50H45N. The van der Waals surface area contributed by atoms with Gasteiger partial charge in [-0.15, -0.1) is 0 Å². The third-order valence-corrected chi connectivity index (χ3v) is 10.7. The Labute approximate surface area is 304 Å². The zero-order chi connectivity index (χ0) is 34.7. The van der Waals surface area contributed by atoms with Crippen LogP contribution in [0.4, 0.5) is 11.4 Å². The fourth-order valence-corrected chi connectivity index (χ4v) is 7.98. The van der Waals surface area contributed by atoms with Gasteiger partial charge in [-0.25, -0.2) is 0 Å². The Morgan fingerprint density at radius 2 is 1.10 bits per heavy atom. The molecule has 1 nitrogen and oxygen atoms in total. The Balaban J connectivity index is 1.08. The lowest BCUT2D eigenvalue weighted by Crippen LogP contribution is -2.26. The van der Waals surface area contributed by atoms with Crippen LogP contribution in [-0.2, 0) is 0 Å². The number of hydrogen-bond acceptors (Lipinski definition) is 1. The predicted molar refractivity (Wildman–Crippen MR) is 218 cm³/mol. The van der Waals surface area contributed by atoms with Gasteiger partial charge in [0.05, 0.1) is 0 Å². The molecule has 1 saturated carbocycles.